The molecule has 2 heterocycles. The van der Waals surface area contributed by atoms with Crippen LogP contribution in [0.2, 0.25) is 5.02 Å². The van der Waals surface area contributed by atoms with Gasteiger partial charge in [0.05, 0.1) is 18.7 Å². The van der Waals surface area contributed by atoms with Gasteiger partial charge in [-0.05, 0) is 17.7 Å². The Bertz CT molecular complexity index is 731. The average molecular weight is 323 g/mol. The Morgan fingerprint density at radius 1 is 1.52 bits per heavy atom. The van der Waals surface area contributed by atoms with Crippen molar-refractivity contribution in [1.29, 1.82) is 0 Å². The van der Waals surface area contributed by atoms with Crippen LogP contribution in [0.1, 0.15) is 21.1 Å². The number of nitrogen functional groups attached to an aromatic ring is 1. The second kappa shape index (κ2) is 5.44. The van der Waals surface area contributed by atoms with Gasteiger partial charge in [0.2, 0.25) is 5.91 Å². The lowest BCUT2D eigenvalue weighted by Gasteiger charge is -2.16. The average Bonchev–Trinajstić information content (AvgIpc) is 3.05. The molecule has 1 aromatic heterocycles. The zero-order chi connectivity index (χ0) is 15.0. The lowest BCUT2D eigenvalue weighted by atomic mass is 10.2. The largest absolute Gasteiger partial charge is 0.306 e. The number of nitrogens with two attached hydrogens (primary N) is 1. The molecule has 1 aromatic carbocycles. The highest BCUT2D eigenvalue weighted by Gasteiger charge is 2.28. The third-order valence-corrected chi connectivity index (χ3v) is 4.30. The lowest BCUT2D eigenvalue weighted by molar-refractivity contribution is -0.117. The number of hydrazine groups is 1. The summed E-state index contributed by atoms with van der Waals surface area (Å²) in [5.74, 6) is 4.62. The summed E-state index contributed by atoms with van der Waals surface area (Å²) in [7, 11) is 0. The summed E-state index contributed by atoms with van der Waals surface area (Å²) in [6, 6.07) is 5.38. The van der Waals surface area contributed by atoms with Crippen molar-refractivity contribution < 1.29 is 9.59 Å². The van der Waals surface area contributed by atoms with Crippen LogP contribution in [0.25, 0.3) is 0 Å². The molecule has 3 N–H and O–H groups in total. The summed E-state index contributed by atoms with van der Waals surface area (Å²) in [5.41, 5.74) is 4.41. The van der Waals surface area contributed by atoms with Crippen LogP contribution in [-0.4, -0.2) is 16.8 Å². The highest BCUT2D eigenvalue weighted by Crippen LogP contribution is 2.32. The third-order valence-electron chi connectivity index (χ3n) is 3.18. The van der Waals surface area contributed by atoms with Gasteiger partial charge in [0.1, 0.15) is 0 Å². The number of carbonyl (C=O) groups is 2. The number of thiazole rings is 1. The number of rotatable bonds is 3. The molecule has 6 nitrogen and oxygen atoms in total. The maximum Gasteiger partial charge on any atom is 0.294 e. The summed E-state index contributed by atoms with van der Waals surface area (Å²) >= 11 is 7.17. The zero-order valence-corrected chi connectivity index (χ0v) is 12.4. The van der Waals surface area contributed by atoms with Crippen LogP contribution in [0.15, 0.2) is 23.6 Å². The summed E-state index contributed by atoms with van der Waals surface area (Å²) in [5, 5.41) is 2.58. The van der Waals surface area contributed by atoms with Crippen molar-refractivity contribution in [2.45, 2.75) is 13.0 Å². The Balaban J connectivity index is 1.85. The highest BCUT2D eigenvalue weighted by molar-refractivity contribution is 7.11. The minimum absolute atomic E-state index is 0.00917. The van der Waals surface area contributed by atoms with Gasteiger partial charge in [-0.15, -0.1) is 11.3 Å². The van der Waals surface area contributed by atoms with Gasteiger partial charge in [-0.2, -0.15) is 0 Å². The summed E-state index contributed by atoms with van der Waals surface area (Å²) in [4.78, 5) is 29.3. The SMILES string of the molecule is NNC(=O)c1nc(CN2C(=O)Cc3ccc(Cl)cc32)cs1. The minimum Gasteiger partial charge on any atom is -0.306 e. The molecular formula is C13H11ClN4O2S. The second-order valence-corrected chi connectivity index (χ2v) is 5.84. The van der Waals surface area contributed by atoms with Crippen molar-refractivity contribution in [3.63, 3.8) is 0 Å². The predicted molar refractivity (Wildman–Crippen MR) is 80.1 cm³/mol. The van der Waals surface area contributed by atoms with Crippen molar-refractivity contribution in [3.05, 3.63) is 44.9 Å². The molecule has 0 bridgehead atoms. The quantitative estimate of drug-likeness (QED) is 0.509. The number of halogens is 1. The Kier molecular flexibility index (Phi) is 3.62. The van der Waals surface area contributed by atoms with Crippen LogP contribution >= 0.6 is 22.9 Å². The molecule has 0 aliphatic carbocycles. The van der Waals surface area contributed by atoms with Crippen molar-refractivity contribution >= 4 is 40.4 Å². The molecule has 0 saturated carbocycles. The molecule has 8 heteroatoms. The van der Waals surface area contributed by atoms with E-state index >= 15 is 0 Å². The molecule has 108 valence electrons. The summed E-state index contributed by atoms with van der Waals surface area (Å²) in [6.07, 6.45) is 0.354. The lowest BCUT2D eigenvalue weighted by Crippen LogP contribution is -2.30. The molecule has 2 amide bonds. The number of carbonyl (C=O) groups excluding carboxylic acids is 2. The maximum absolute atomic E-state index is 12.1. The van der Waals surface area contributed by atoms with Gasteiger partial charge in [-0.25, -0.2) is 10.8 Å². The van der Waals surface area contributed by atoms with E-state index in [1.165, 1.54) is 11.3 Å². The molecule has 0 atom stereocenters. The molecular weight excluding hydrogens is 312 g/mol. The first-order chi connectivity index (χ1) is 10.1. The van der Waals surface area contributed by atoms with E-state index in [0.29, 0.717) is 23.7 Å². The minimum atomic E-state index is -0.442. The number of hydrogen-bond acceptors (Lipinski definition) is 5. The van der Waals surface area contributed by atoms with Crippen molar-refractivity contribution in [1.82, 2.24) is 10.4 Å². The van der Waals surface area contributed by atoms with Gasteiger partial charge < -0.3 is 4.90 Å². The van der Waals surface area contributed by atoms with Crippen LogP contribution in [0.5, 0.6) is 0 Å². The zero-order valence-electron chi connectivity index (χ0n) is 10.8. The van der Waals surface area contributed by atoms with Crippen molar-refractivity contribution in [2.24, 2.45) is 5.84 Å². The molecule has 1 aliphatic rings. The number of fused-ring (bicyclic) bond motifs is 1. The first-order valence-corrected chi connectivity index (χ1v) is 7.38. The van der Waals surface area contributed by atoms with E-state index in [1.54, 1.807) is 22.4 Å². The van der Waals surface area contributed by atoms with E-state index in [2.05, 4.69) is 4.98 Å². The van der Waals surface area contributed by atoms with Crippen LogP contribution in [0.3, 0.4) is 0 Å². The van der Waals surface area contributed by atoms with Crippen molar-refractivity contribution in [3.8, 4) is 0 Å². The molecule has 0 fully saturated rings. The first kappa shape index (κ1) is 14.0. The molecule has 3 rings (SSSR count). The second-order valence-electron chi connectivity index (χ2n) is 4.55. The number of nitrogens with one attached hydrogen (secondary N) is 1. The van der Waals surface area contributed by atoms with E-state index in [4.69, 9.17) is 17.4 Å². The molecule has 0 spiro atoms. The number of amides is 2. The van der Waals surface area contributed by atoms with Gasteiger partial charge in [-0.1, -0.05) is 17.7 Å². The first-order valence-electron chi connectivity index (χ1n) is 6.12. The Morgan fingerprint density at radius 3 is 3.10 bits per heavy atom. The third kappa shape index (κ3) is 2.63. The van der Waals surface area contributed by atoms with E-state index in [9.17, 15) is 9.59 Å². The van der Waals surface area contributed by atoms with E-state index < -0.39 is 5.91 Å². The summed E-state index contributed by atoms with van der Waals surface area (Å²) in [6.45, 7) is 0.306. The predicted octanol–water partition coefficient (Wildman–Crippen LogP) is 1.49. The smallest absolute Gasteiger partial charge is 0.294 e. The van der Waals surface area contributed by atoms with Crippen LogP contribution in [0.4, 0.5) is 5.69 Å². The maximum atomic E-state index is 12.1. The molecule has 21 heavy (non-hydrogen) atoms. The Labute approximate surface area is 129 Å². The fraction of sp³-hybridized carbons (Fsp3) is 0.154. The number of anilines is 1. The molecule has 0 saturated heterocycles. The fourth-order valence-corrected chi connectivity index (χ4v) is 3.09. The number of aromatic nitrogens is 1. The van der Waals surface area contributed by atoms with E-state index in [0.717, 1.165) is 11.3 Å². The van der Waals surface area contributed by atoms with Crippen LogP contribution in [-0.2, 0) is 17.8 Å². The fourth-order valence-electron chi connectivity index (χ4n) is 2.21. The van der Waals surface area contributed by atoms with Crippen LogP contribution < -0.4 is 16.2 Å². The van der Waals surface area contributed by atoms with E-state index in [-0.39, 0.29) is 10.9 Å². The summed E-state index contributed by atoms with van der Waals surface area (Å²) < 4.78 is 0. The molecule has 1 aliphatic heterocycles. The van der Waals surface area contributed by atoms with Gasteiger partial charge in [-0.3, -0.25) is 15.0 Å². The standard InChI is InChI=1S/C13H11ClN4O2S/c14-8-2-1-7-3-11(19)18(10(7)4-8)5-9-6-21-13(16-9)12(20)17-15/h1-2,4,6H,3,5,15H2,(H,17,20). The van der Waals surface area contributed by atoms with Gasteiger partial charge in [0.15, 0.2) is 5.01 Å². The number of hydrogen-bond donors (Lipinski definition) is 2. The van der Waals surface area contributed by atoms with Gasteiger partial charge in [0.25, 0.3) is 5.91 Å². The molecule has 2 aromatic rings. The van der Waals surface area contributed by atoms with Crippen molar-refractivity contribution in [2.75, 3.05) is 4.90 Å². The van der Waals surface area contributed by atoms with Crippen LogP contribution in [0, 0.1) is 0 Å². The topological polar surface area (TPSA) is 88.3 Å². The monoisotopic (exact) mass is 322 g/mol. The van der Waals surface area contributed by atoms with E-state index in [1.807, 2.05) is 11.5 Å². The number of benzene rings is 1. The highest BCUT2D eigenvalue weighted by atomic mass is 35.5. The normalized spacial score (nSPS) is 13.4. The van der Waals surface area contributed by atoms with Gasteiger partial charge >= 0.3 is 0 Å². The Morgan fingerprint density at radius 2 is 2.33 bits per heavy atom. The Hall–Kier alpha value is -1.96. The molecule has 0 unspecified atom stereocenters. The van der Waals surface area contributed by atoms with Gasteiger partial charge in [0, 0.05) is 16.1 Å². The number of nitrogens with zero attached hydrogens (tertiary/aromatic N) is 2. The molecule has 0 radical (unpaired) electrons.